The Labute approximate surface area is 118 Å². The van der Waals surface area contributed by atoms with Crippen LogP contribution in [-0.4, -0.2) is 7.11 Å². The Morgan fingerprint density at radius 2 is 1.85 bits per heavy atom. The Bertz CT molecular complexity index is 596. The smallest absolute Gasteiger partial charge is 0.128 e. The number of rotatable bonds is 4. The molecule has 2 rings (SSSR count). The molecule has 20 heavy (non-hydrogen) atoms. The summed E-state index contributed by atoms with van der Waals surface area (Å²) in [7, 11) is 1.64. The summed E-state index contributed by atoms with van der Waals surface area (Å²) in [6.45, 7) is 3.75. The lowest BCUT2D eigenvalue weighted by molar-refractivity contribution is 0.414. The Balaban J connectivity index is 2.18. The molecule has 2 aromatic rings. The van der Waals surface area contributed by atoms with Crippen molar-refractivity contribution in [1.82, 2.24) is 0 Å². The molecule has 3 nitrogen and oxygen atoms in total. The molecule has 4 heteroatoms. The van der Waals surface area contributed by atoms with Crippen molar-refractivity contribution in [2.24, 2.45) is 0 Å². The van der Waals surface area contributed by atoms with Crippen molar-refractivity contribution in [3.8, 4) is 5.75 Å². The van der Waals surface area contributed by atoms with Crippen LogP contribution in [0.4, 0.5) is 15.8 Å². The van der Waals surface area contributed by atoms with Crippen LogP contribution in [0.5, 0.6) is 5.75 Å². The highest BCUT2D eigenvalue weighted by Gasteiger charge is 2.09. The number of halogens is 1. The normalized spacial score (nSPS) is 12.0. The van der Waals surface area contributed by atoms with E-state index in [1.54, 1.807) is 20.1 Å². The van der Waals surface area contributed by atoms with Gasteiger partial charge in [-0.2, -0.15) is 0 Å². The highest BCUT2D eigenvalue weighted by Crippen LogP contribution is 2.27. The number of ether oxygens (including phenoxy) is 1. The molecular formula is C16H19FN2O. The van der Waals surface area contributed by atoms with Crippen LogP contribution in [0.1, 0.15) is 24.1 Å². The van der Waals surface area contributed by atoms with Gasteiger partial charge < -0.3 is 15.8 Å². The van der Waals surface area contributed by atoms with Crippen LogP contribution < -0.4 is 15.8 Å². The minimum absolute atomic E-state index is 0.0630. The molecule has 0 aromatic heterocycles. The van der Waals surface area contributed by atoms with Gasteiger partial charge in [-0.3, -0.25) is 0 Å². The van der Waals surface area contributed by atoms with E-state index in [1.807, 2.05) is 31.2 Å². The van der Waals surface area contributed by atoms with Crippen molar-refractivity contribution in [3.05, 3.63) is 53.3 Å². The van der Waals surface area contributed by atoms with Crippen molar-refractivity contribution in [2.45, 2.75) is 19.9 Å². The molecule has 106 valence electrons. The maximum atomic E-state index is 13.4. The summed E-state index contributed by atoms with van der Waals surface area (Å²) in [4.78, 5) is 0. The average Bonchev–Trinajstić information content (AvgIpc) is 2.44. The Hall–Kier alpha value is -2.23. The lowest BCUT2D eigenvalue weighted by atomic mass is 10.1. The van der Waals surface area contributed by atoms with Gasteiger partial charge in [-0.15, -0.1) is 0 Å². The van der Waals surface area contributed by atoms with Gasteiger partial charge in [0.05, 0.1) is 18.5 Å². The Kier molecular flexibility index (Phi) is 4.13. The van der Waals surface area contributed by atoms with Gasteiger partial charge in [-0.1, -0.05) is 12.1 Å². The molecule has 0 aliphatic rings. The summed E-state index contributed by atoms with van der Waals surface area (Å²) in [5.74, 6) is 0.531. The second-order valence-corrected chi connectivity index (χ2v) is 4.83. The first-order valence-corrected chi connectivity index (χ1v) is 6.47. The molecular weight excluding hydrogens is 255 g/mol. The van der Waals surface area contributed by atoms with E-state index in [2.05, 4.69) is 5.32 Å². The first-order chi connectivity index (χ1) is 9.51. The molecule has 1 unspecified atom stereocenters. The molecule has 3 N–H and O–H groups in total. The molecule has 0 spiro atoms. The monoisotopic (exact) mass is 274 g/mol. The molecule has 0 bridgehead atoms. The van der Waals surface area contributed by atoms with Crippen LogP contribution in [0.15, 0.2) is 36.4 Å². The molecule has 0 radical (unpaired) electrons. The molecule has 0 fully saturated rings. The van der Waals surface area contributed by atoms with E-state index in [9.17, 15) is 4.39 Å². The number of hydrogen-bond acceptors (Lipinski definition) is 3. The van der Waals surface area contributed by atoms with E-state index < -0.39 is 0 Å². The Morgan fingerprint density at radius 1 is 1.20 bits per heavy atom. The third-order valence-corrected chi connectivity index (χ3v) is 3.32. The topological polar surface area (TPSA) is 47.3 Å². The van der Waals surface area contributed by atoms with E-state index in [4.69, 9.17) is 10.5 Å². The van der Waals surface area contributed by atoms with Crippen LogP contribution in [0.3, 0.4) is 0 Å². The van der Waals surface area contributed by atoms with E-state index >= 15 is 0 Å². The first-order valence-electron chi connectivity index (χ1n) is 6.47. The molecule has 0 heterocycles. The summed E-state index contributed by atoms with van der Waals surface area (Å²) in [6.07, 6.45) is 0. The minimum atomic E-state index is -0.287. The quantitative estimate of drug-likeness (QED) is 0.831. The van der Waals surface area contributed by atoms with Crippen LogP contribution in [0.2, 0.25) is 0 Å². The van der Waals surface area contributed by atoms with Crippen LogP contribution in [0, 0.1) is 12.7 Å². The number of nitrogens with two attached hydrogens (primary N) is 1. The second kappa shape index (κ2) is 5.82. The second-order valence-electron chi connectivity index (χ2n) is 4.83. The lowest BCUT2D eigenvalue weighted by Gasteiger charge is -2.18. The maximum Gasteiger partial charge on any atom is 0.128 e. The van der Waals surface area contributed by atoms with Crippen molar-refractivity contribution < 1.29 is 9.13 Å². The van der Waals surface area contributed by atoms with Crippen LogP contribution in [0.25, 0.3) is 0 Å². The largest absolute Gasteiger partial charge is 0.497 e. The van der Waals surface area contributed by atoms with Crippen molar-refractivity contribution in [3.63, 3.8) is 0 Å². The third kappa shape index (κ3) is 3.02. The summed E-state index contributed by atoms with van der Waals surface area (Å²) in [5, 5.41) is 3.30. The zero-order valence-electron chi connectivity index (χ0n) is 11.9. The number of anilines is 2. The summed E-state index contributed by atoms with van der Waals surface area (Å²) in [5.41, 5.74) is 8.67. The van der Waals surface area contributed by atoms with Gasteiger partial charge in [0, 0.05) is 6.04 Å². The van der Waals surface area contributed by atoms with Gasteiger partial charge in [0.2, 0.25) is 0 Å². The standard InChI is InChI=1S/C16H19FN2O/c1-10-8-16(15(18)9-14(10)17)19-11(2)12-4-6-13(20-3)7-5-12/h4-9,11,19H,18H2,1-3H3. The van der Waals surface area contributed by atoms with Gasteiger partial charge in [-0.05, 0) is 49.2 Å². The van der Waals surface area contributed by atoms with E-state index in [0.717, 1.165) is 17.0 Å². The van der Waals surface area contributed by atoms with E-state index in [1.165, 1.54) is 6.07 Å². The third-order valence-electron chi connectivity index (χ3n) is 3.32. The molecule has 1 atom stereocenters. The number of aryl methyl sites for hydroxylation is 1. The molecule has 0 amide bonds. The van der Waals surface area contributed by atoms with Crippen molar-refractivity contribution in [2.75, 3.05) is 18.2 Å². The fourth-order valence-corrected chi connectivity index (χ4v) is 2.03. The number of nitrogen functional groups attached to an aromatic ring is 1. The van der Waals surface area contributed by atoms with Crippen LogP contribution >= 0.6 is 0 Å². The number of nitrogens with one attached hydrogen (secondary N) is 1. The molecule has 0 aliphatic heterocycles. The predicted molar refractivity (Wildman–Crippen MR) is 80.6 cm³/mol. The summed E-state index contributed by atoms with van der Waals surface area (Å²) in [6, 6.07) is 10.9. The zero-order chi connectivity index (χ0) is 14.7. The highest BCUT2D eigenvalue weighted by molar-refractivity contribution is 5.67. The van der Waals surface area contributed by atoms with E-state index in [-0.39, 0.29) is 11.9 Å². The number of hydrogen-bond donors (Lipinski definition) is 2. The van der Waals surface area contributed by atoms with Gasteiger partial charge in [0.25, 0.3) is 0 Å². The van der Waals surface area contributed by atoms with Crippen LogP contribution in [-0.2, 0) is 0 Å². The molecule has 2 aromatic carbocycles. The SMILES string of the molecule is COc1ccc(C(C)Nc2cc(C)c(F)cc2N)cc1. The predicted octanol–water partition coefficient (Wildman–Crippen LogP) is 3.90. The Morgan fingerprint density at radius 3 is 2.45 bits per heavy atom. The fraction of sp³-hybridized carbons (Fsp3) is 0.250. The molecule has 0 saturated heterocycles. The van der Waals surface area contributed by atoms with E-state index in [0.29, 0.717) is 11.3 Å². The van der Waals surface area contributed by atoms with Gasteiger partial charge >= 0.3 is 0 Å². The average molecular weight is 274 g/mol. The van der Waals surface area contributed by atoms with Gasteiger partial charge in [0.15, 0.2) is 0 Å². The molecule has 0 saturated carbocycles. The number of benzene rings is 2. The van der Waals surface area contributed by atoms with Gasteiger partial charge in [-0.25, -0.2) is 4.39 Å². The maximum absolute atomic E-state index is 13.4. The summed E-state index contributed by atoms with van der Waals surface area (Å²) >= 11 is 0. The molecule has 0 aliphatic carbocycles. The minimum Gasteiger partial charge on any atom is -0.497 e. The first kappa shape index (κ1) is 14.2. The van der Waals surface area contributed by atoms with Crippen molar-refractivity contribution in [1.29, 1.82) is 0 Å². The zero-order valence-corrected chi connectivity index (χ0v) is 11.9. The summed E-state index contributed by atoms with van der Waals surface area (Å²) < 4.78 is 18.5. The van der Waals surface area contributed by atoms with Crippen molar-refractivity contribution >= 4 is 11.4 Å². The fourth-order valence-electron chi connectivity index (χ4n) is 2.03. The highest BCUT2D eigenvalue weighted by atomic mass is 19.1. The van der Waals surface area contributed by atoms with Gasteiger partial charge in [0.1, 0.15) is 11.6 Å². The lowest BCUT2D eigenvalue weighted by Crippen LogP contribution is -2.09. The number of methoxy groups -OCH3 is 1.